The molecule has 24 heavy (non-hydrogen) atoms. The fourth-order valence-corrected chi connectivity index (χ4v) is 2.95. The first-order chi connectivity index (χ1) is 11.6. The second kappa shape index (κ2) is 7.04. The van der Waals surface area contributed by atoms with E-state index in [-0.39, 0.29) is 12.1 Å². The van der Waals surface area contributed by atoms with Crippen molar-refractivity contribution in [1.82, 2.24) is 29.9 Å². The van der Waals surface area contributed by atoms with Crippen LogP contribution in [-0.4, -0.2) is 58.3 Å². The summed E-state index contributed by atoms with van der Waals surface area (Å²) in [4.78, 5) is 16.0. The van der Waals surface area contributed by atoms with Crippen molar-refractivity contribution in [2.45, 2.75) is 32.0 Å². The van der Waals surface area contributed by atoms with Crippen molar-refractivity contribution >= 4 is 6.03 Å². The number of rotatable bonds is 6. The van der Waals surface area contributed by atoms with Crippen LogP contribution in [0.15, 0.2) is 22.8 Å². The Morgan fingerprint density at radius 3 is 2.96 bits per heavy atom. The second-order valence-corrected chi connectivity index (χ2v) is 6.32. The summed E-state index contributed by atoms with van der Waals surface area (Å²) in [5, 5.41) is 11.3. The van der Waals surface area contributed by atoms with Gasteiger partial charge in [-0.05, 0) is 32.6 Å². The SMILES string of the molecule is CN(Cc1nnc2n1CCC2)C(=O)NC[C@@H](c1ccco1)N(C)C. The Hall–Kier alpha value is -2.35. The molecule has 0 radical (unpaired) electrons. The number of carbonyl (C=O) groups excluding carboxylic acids is 1. The minimum absolute atomic E-state index is 0.00492. The smallest absolute Gasteiger partial charge is 0.317 e. The minimum Gasteiger partial charge on any atom is -0.468 e. The Kier molecular flexibility index (Phi) is 4.84. The lowest BCUT2D eigenvalue weighted by Crippen LogP contribution is -2.41. The number of fused-ring (bicyclic) bond motifs is 1. The van der Waals surface area contributed by atoms with Gasteiger partial charge in [0.2, 0.25) is 0 Å². The number of amides is 2. The van der Waals surface area contributed by atoms with Gasteiger partial charge >= 0.3 is 6.03 Å². The van der Waals surface area contributed by atoms with E-state index >= 15 is 0 Å². The molecule has 1 aliphatic heterocycles. The third kappa shape index (κ3) is 3.43. The van der Waals surface area contributed by atoms with E-state index in [1.54, 1.807) is 18.2 Å². The van der Waals surface area contributed by atoms with Crippen LogP contribution in [0.4, 0.5) is 4.79 Å². The van der Waals surface area contributed by atoms with Crippen molar-refractivity contribution in [3.05, 3.63) is 35.8 Å². The molecule has 0 unspecified atom stereocenters. The lowest BCUT2D eigenvalue weighted by Gasteiger charge is -2.24. The first-order valence-corrected chi connectivity index (χ1v) is 8.16. The minimum atomic E-state index is -0.135. The molecule has 1 N–H and O–H groups in total. The molecule has 0 aliphatic carbocycles. The zero-order chi connectivity index (χ0) is 17.1. The van der Waals surface area contributed by atoms with Crippen molar-refractivity contribution in [2.75, 3.05) is 27.7 Å². The molecule has 8 nitrogen and oxygen atoms in total. The van der Waals surface area contributed by atoms with Crippen LogP contribution in [0.5, 0.6) is 0 Å². The van der Waals surface area contributed by atoms with Gasteiger partial charge < -0.3 is 19.2 Å². The Morgan fingerprint density at radius 2 is 2.25 bits per heavy atom. The summed E-state index contributed by atoms with van der Waals surface area (Å²) in [7, 11) is 5.69. The summed E-state index contributed by atoms with van der Waals surface area (Å²) in [6.07, 6.45) is 3.71. The molecule has 3 heterocycles. The quantitative estimate of drug-likeness (QED) is 0.861. The van der Waals surface area contributed by atoms with Gasteiger partial charge in [0, 0.05) is 26.6 Å². The maximum Gasteiger partial charge on any atom is 0.317 e. The first kappa shape index (κ1) is 16.5. The summed E-state index contributed by atoms with van der Waals surface area (Å²) in [6.45, 7) is 1.86. The molecule has 3 rings (SSSR count). The molecular weight excluding hydrogens is 308 g/mol. The molecule has 0 fully saturated rings. The summed E-state index contributed by atoms with van der Waals surface area (Å²) in [6, 6.07) is 3.63. The van der Waals surface area contributed by atoms with Crippen molar-refractivity contribution in [3.63, 3.8) is 0 Å². The van der Waals surface area contributed by atoms with Gasteiger partial charge in [-0.3, -0.25) is 4.90 Å². The van der Waals surface area contributed by atoms with Crippen LogP contribution >= 0.6 is 0 Å². The maximum absolute atomic E-state index is 12.4. The van der Waals surface area contributed by atoms with Crippen LogP contribution in [0.1, 0.15) is 29.9 Å². The van der Waals surface area contributed by atoms with E-state index < -0.39 is 0 Å². The average Bonchev–Trinajstić information content (AvgIpc) is 3.26. The average molecular weight is 332 g/mol. The molecule has 2 amide bonds. The van der Waals surface area contributed by atoms with Crippen LogP contribution in [-0.2, 0) is 19.5 Å². The number of hydrogen-bond donors (Lipinski definition) is 1. The standard InChI is InChI=1S/C16H24N6O2/c1-20(2)12(13-6-5-9-24-13)10-17-16(23)21(3)11-15-19-18-14-7-4-8-22(14)15/h5-6,9,12H,4,7-8,10-11H2,1-3H3,(H,17,23)/t12-/m0/s1. The Morgan fingerprint density at radius 1 is 1.42 bits per heavy atom. The van der Waals surface area contributed by atoms with E-state index in [4.69, 9.17) is 4.42 Å². The molecule has 0 spiro atoms. The van der Waals surface area contributed by atoms with Crippen LogP contribution < -0.4 is 5.32 Å². The van der Waals surface area contributed by atoms with E-state index in [9.17, 15) is 4.79 Å². The van der Waals surface area contributed by atoms with Crippen molar-refractivity contribution < 1.29 is 9.21 Å². The molecule has 2 aromatic rings. The van der Waals surface area contributed by atoms with Gasteiger partial charge in [0.15, 0.2) is 5.82 Å². The largest absolute Gasteiger partial charge is 0.468 e. The van der Waals surface area contributed by atoms with Gasteiger partial charge in [0.1, 0.15) is 11.6 Å². The normalized spacial score (nSPS) is 14.7. The van der Waals surface area contributed by atoms with Crippen molar-refractivity contribution in [1.29, 1.82) is 0 Å². The molecular formula is C16H24N6O2. The fraction of sp³-hybridized carbons (Fsp3) is 0.562. The molecule has 8 heteroatoms. The Labute approximate surface area is 141 Å². The Balaban J connectivity index is 1.56. The van der Waals surface area contributed by atoms with Crippen LogP contribution in [0, 0.1) is 0 Å². The van der Waals surface area contributed by atoms with Gasteiger partial charge in [-0.15, -0.1) is 10.2 Å². The summed E-state index contributed by atoms with van der Waals surface area (Å²) >= 11 is 0. The molecule has 130 valence electrons. The molecule has 1 aliphatic rings. The number of likely N-dealkylation sites (N-methyl/N-ethyl adjacent to an activating group) is 1. The van der Waals surface area contributed by atoms with Crippen molar-refractivity contribution in [2.24, 2.45) is 0 Å². The third-order valence-electron chi connectivity index (χ3n) is 4.35. The van der Waals surface area contributed by atoms with E-state index in [1.807, 2.05) is 31.1 Å². The number of nitrogens with zero attached hydrogens (tertiary/aromatic N) is 5. The summed E-state index contributed by atoms with van der Waals surface area (Å²) in [5.74, 6) is 2.69. The molecule has 0 saturated heterocycles. The molecule has 0 aromatic carbocycles. The number of aryl methyl sites for hydroxylation is 1. The zero-order valence-corrected chi connectivity index (χ0v) is 14.4. The lowest BCUT2D eigenvalue weighted by atomic mass is 10.2. The molecule has 0 saturated carbocycles. The number of urea groups is 1. The predicted molar refractivity (Wildman–Crippen MR) is 88.3 cm³/mol. The lowest BCUT2D eigenvalue weighted by molar-refractivity contribution is 0.195. The van der Waals surface area contributed by atoms with E-state index in [0.29, 0.717) is 13.1 Å². The third-order valence-corrected chi connectivity index (χ3v) is 4.35. The topological polar surface area (TPSA) is 79.4 Å². The number of nitrogens with one attached hydrogen (secondary N) is 1. The number of carbonyl (C=O) groups is 1. The van der Waals surface area contributed by atoms with Gasteiger partial charge in [0.05, 0.1) is 18.8 Å². The highest BCUT2D eigenvalue weighted by Gasteiger charge is 2.22. The van der Waals surface area contributed by atoms with E-state index in [1.165, 1.54) is 0 Å². The Bertz CT molecular complexity index is 679. The van der Waals surface area contributed by atoms with Crippen LogP contribution in [0.25, 0.3) is 0 Å². The second-order valence-electron chi connectivity index (χ2n) is 6.32. The molecule has 0 bridgehead atoms. The van der Waals surface area contributed by atoms with Crippen molar-refractivity contribution in [3.8, 4) is 0 Å². The van der Waals surface area contributed by atoms with Gasteiger partial charge in [-0.2, -0.15) is 0 Å². The highest BCUT2D eigenvalue weighted by atomic mass is 16.3. The highest BCUT2D eigenvalue weighted by Crippen LogP contribution is 2.18. The van der Waals surface area contributed by atoms with Crippen LogP contribution in [0.2, 0.25) is 0 Å². The number of hydrogen-bond acceptors (Lipinski definition) is 5. The first-order valence-electron chi connectivity index (χ1n) is 8.16. The predicted octanol–water partition coefficient (Wildman–Crippen LogP) is 1.26. The summed E-state index contributed by atoms with van der Waals surface area (Å²) in [5.41, 5.74) is 0. The molecule has 2 aromatic heterocycles. The zero-order valence-electron chi connectivity index (χ0n) is 14.4. The fourth-order valence-electron chi connectivity index (χ4n) is 2.95. The van der Waals surface area contributed by atoms with E-state index in [0.717, 1.165) is 36.8 Å². The van der Waals surface area contributed by atoms with Gasteiger partial charge in [0.25, 0.3) is 0 Å². The molecule has 1 atom stereocenters. The highest BCUT2D eigenvalue weighted by molar-refractivity contribution is 5.73. The van der Waals surface area contributed by atoms with E-state index in [2.05, 4.69) is 20.1 Å². The summed E-state index contributed by atoms with van der Waals surface area (Å²) < 4.78 is 7.56. The van der Waals surface area contributed by atoms with Crippen LogP contribution in [0.3, 0.4) is 0 Å². The number of furan rings is 1. The maximum atomic E-state index is 12.4. The van der Waals surface area contributed by atoms with Gasteiger partial charge in [-0.1, -0.05) is 0 Å². The number of aromatic nitrogens is 3. The van der Waals surface area contributed by atoms with Gasteiger partial charge in [-0.25, -0.2) is 4.79 Å². The monoisotopic (exact) mass is 332 g/mol.